The number of likely N-dealkylation sites (tertiary alicyclic amines) is 1. The molecule has 1 N–H and O–H groups in total. The lowest BCUT2D eigenvalue weighted by Crippen LogP contribution is -2.41. The highest BCUT2D eigenvalue weighted by Gasteiger charge is 2.19. The number of nitrogens with zero attached hydrogens (tertiary/aromatic N) is 4. The van der Waals surface area contributed by atoms with Crippen LogP contribution >= 0.6 is 0 Å². The number of hydrogen-bond donors (Lipinski definition) is 1. The van der Waals surface area contributed by atoms with Crippen LogP contribution in [-0.2, 0) is 6.54 Å². The molecule has 1 aliphatic heterocycles. The molecule has 0 radical (unpaired) electrons. The Bertz CT molecular complexity index is 974. The smallest absolute Gasteiger partial charge is 0.252 e. The van der Waals surface area contributed by atoms with Gasteiger partial charge in [0.25, 0.3) is 5.91 Å². The Labute approximate surface area is 165 Å². The van der Waals surface area contributed by atoms with E-state index in [9.17, 15) is 4.79 Å². The Morgan fingerprint density at radius 1 is 1.25 bits per heavy atom. The van der Waals surface area contributed by atoms with Crippen molar-refractivity contribution in [1.29, 1.82) is 0 Å². The predicted molar refractivity (Wildman–Crippen MR) is 111 cm³/mol. The summed E-state index contributed by atoms with van der Waals surface area (Å²) < 4.78 is 1.87. The van der Waals surface area contributed by atoms with Gasteiger partial charge in [-0.2, -0.15) is 5.10 Å². The van der Waals surface area contributed by atoms with Crippen molar-refractivity contribution in [2.75, 3.05) is 19.6 Å². The molecule has 0 unspecified atom stereocenters. The topological polar surface area (TPSA) is 63.1 Å². The lowest BCUT2D eigenvalue weighted by Gasteiger charge is -2.21. The van der Waals surface area contributed by atoms with Crippen molar-refractivity contribution in [2.24, 2.45) is 0 Å². The van der Waals surface area contributed by atoms with Crippen LogP contribution in [-0.4, -0.2) is 51.2 Å². The minimum Gasteiger partial charge on any atom is -0.348 e. The van der Waals surface area contributed by atoms with Gasteiger partial charge in [-0.1, -0.05) is 18.2 Å². The van der Waals surface area contributed by atoms with Gasteiger partial charge in [0.1, 0.15) is 0 Å². The van der Waals surface area contributed by atoms with E-state index in [1.807, 2.05) is 48.1 Å². The largest absolute Gasteiger partial charge is 0.348 e. The number of aryl methyl sites for hydroxylation is 1. The van der Waals surface area contributed by atoms with Crippen molar-refractivity contribution in [3.05, 3.63) is 48.3 Å². The maximum atomic E-state index is 13.1. The molecular formula is C22H27N5O. The van der Waals surface area contributed by atoms with E-state index in [1.165, 1.54) is 12.8 Å². The molecule has 0 saturated carbocycles. The molecule has 1 amide bonds. The third kappa shape index (κ3) is 3.92. The first kappa shape index (κ1) is 18.6. The molecule has 3 aromatic rings. The van der Waals surface area contributed by atoms with E-state index in [0.717, 1.165) is 48.3 Å². The fourth-order valence-corrected chi connectivity index (χ4v) is 3.88. The van der Waals surface area contributed by atoms with Crippen molar-refractivity contribution >= 4 is 16.8 Å². The second-order valence-corrected chi connectivity index (χ2v) is 7.54. The minimum atomic E-state index is -0.0468. The van der Waals surface area contributed by atoms with Gasteiger partial charge >= 0.3 is 0 Å². The van der Waals surface area contributed by atoms with Crippen molar-refractivity contribution in [3.8, 4) is 11.3 Å². The first-order valence-corrected chi connectivity index (χ1v) is 10.1. The van der Waals surface area contributed by atoms with Crippen LogP contribution in [0.3, 0.4) is 0 Å². The molecule has 146 valence electrons. The average Bonchev–Trinajstić information content (AvgIpc) is 3.38. The van der Waals surface area contributed by atoms with Gasteiger partial charge in [0.05, 0.1) is 23.0 Å². The third-order valence-electron chi connectivity index (χ3n) is 5.32. The Morgan fingerprint density at radius 3 is 2.79 bits per heavy atom. The average molecular weight is 377 g/mol. The van der Waals surface area contributed by atoms with E-state index < -0.39 is 0 Å². The van der Waals surface area contributed by atoms with Crippen molar-refractivity contribution < 1.29 is 4.79 Å². The van der Waals surface area contributed by atoms with E-state index in [1.54, 1.807) is 6.20 Å². The van der Waals surface area contributed by atoms with Gasteiger partial charge in [0.2, 0.25) is 0 Å². The molecule has 1 aromatic carbocycles. The van der Waals surface area contributed by atoms with Crippen LogP contribution in [0, 0.1) is 0 Å². The third-order valence-corrected chi connectivity index (χ3v) is 5.32. The lowest BCUT2D eigenvalue weighted by atomic mass is 10.0. The van der Waals surface area contributed by atoms with E-state index in [2.05, 4.69) is 22.2 Å². The van der Waals surface area contributed by atoms with Gasteiger partial charge in [-0.25, -0.2) is 4.98 Å². The van der Waals surface area contributed by atoms with Crippen LogP contribution < -0.4 is 5.32 Å². The molecule has 6 heteroatoms. The van der Waals surface area contributed by atoms with Crippen LogP contribution in [0.2, 0.25) is 0 Å². The second kappa shape index (κ2) is 8.10. The number of carbonyl (C=O) groups is 1. The maximum absolute atomic E-state index is 13.1. The van der Waals surface area contributed by atoms with Crippen LogP contribution in [0.25, 0.3) is 22.2 Å². The second-order valence-electron chi connectivity index (χ2n) is 7.54. The summed E-state index contributed by atoms with van der Waals surface area (Å²) in [4.78, 5) is 20.3. The van der Waals surface area contributed by atoms with Crippen LogP contribution in [0.5, 0.6) is 0 Å². The number of carbonyl (C=O) groups excluding carboxylic acids is 1. The fraction of sp³-hybridized carbons (Fsp3) is 0.409. The zero-order valence-corrected chi connectivity index (χ0v) is 16.6. The summed E-state index contributed by atoms with van der Waals surface area (Å²) in [5.74, 6) is -0.0468. The summed E-state index contributed by atoms with van der Waals surface area (Å²) in [7, 11) is 0. The number of aromatic nitrogens is 3. The van der Waals surface area contributed by atoms with Crippen molar-refractivity contribution in [2.45, 2.75) is 39.3 Å². The van der Waals surface area contributed by atoms with E-state index in [-0.39, 0.29) is 11.9 Å². The predicted octanol–water partition coefficient (Wildman–Crippen LogP) is 3.33. The van der Waals surface area contributed by atoms with Crippen LogP contribution in [0.15, 0.2) is 42.7 Å². The monoisotopic (exact) mass is 377 g/mol. The summed E-state index contributed by atoms with van der Waals surface area (Å²) in [6.07, 6.45) is 6.28. The number of para-hydroxylation sites is 1. The molecule has 0 aliphatic carbocycles. The summed E-state index contributed by atoms with van der Waals surface area (Å²) in [5.41, 5.74) is 3.18. The number of pyridine rings is 1. The lowest BCUT2D eigenvalue weighted by molar-refractivity contribution is 0.0933. The number of fused-ring (bicyclic) bond motifs is 1. The normalized spacial score (nSPS) is 15.8. The van der Waals surface area contributed by atoms with Crippen LogP contribution in [0.4, 0.5) is 0 Å². The summed E-state index contributed by atoms with van der Waals surface area (Å²) in [6, 6.07) is 9.80. The van der Waals surface area contributed by atoms with Gasteiger partial charge in [0.15, 0.2) is 0 Å². The van der Waals surface area contributed by atoms with Gasteiger partial charge in [-0.15, -0.1) is 0 Å². The Hall–Kier alpha value is -2.73. The van der Waals surface area contributed by atoms with Gasteiger partial charge in [-0.3, -0.25) is 9.48 Å². The molecule has 0 bridgehead atoms. The first-order valence-electron chi connectivity index (χ1n) is 10.1. The zero-order chi connectivity index (χ0) is 19.5. The Morgan fingerprint density at radius 2 is 2.04 bits per heavy atom. The van der Waals surface area contributed by atoms with Gasteiger partial charge in [-0.05, 0) is 51.9 Å². The summed E-state index contributed by atoms with van der Waals surface area (Å²) in [5, 5.41) is 8.40. The molecule has 1 atom stereocenters. The fourth-order valence-electron chi connectivity index (χ4n) is 3.88. The number of amides is 1. The van der Waals surface area contributed by atoms with E-state index >= 15 is 0 Å². The molecule has 1 aliphatic rings. The Balaban J connectivity index is 1.63. The van der Waals surface area contributed by atoms with Crippen molar-refractivity contribution in [3.63, 3.8) is 0 Å². The molecule has 3 heterocycles. The number of hydrogen-bond acceptors (Lipinski definition) is 4. The summed E-state index contributed by atoms with van der Waals surface area (Å²) >= 11 is 0. The van der Waals surface area contributed by atoms with Crippen LogP contribution in [0.1, 0.15) is 37.0 Å². The highest BCUT2D eigenvalue weighted by molar-refractivity contribution is 6.07. The number of rotatable bonds is 6. The van der Waals surface area contributed by atoms with Gasteiger partial charge < -0.3 is 10.2 Å². The Kier molecular flexibility index (Phi) is 5.39. The highest BCUT2D eigenvalue weighted by atomic mass is 16.1. The zero-order valence-electron chi connectivity index (χ0n) is 16.6. The maximum Gasteiger partial charge on any atom is 0.252 e. The van der Waals surface area contributed by atoms with E-state index in [0.29, 0.717) is 5.56 Å². The quantitative estimate of drug-likeness (QED) is 0.716. The molecule has 2 aromatic heterocycles. The number of benzene rings is 1. The van der Waals surface area contributed by atoms with E-state index in [4.69, 9.17) is 4.98 Å². The van der Waals surface area contributed by atoms with Gasteiger partial charge in [0, 0.05) is 36.3 Å². The van der Waals surface area contributed by atoms with Crippen molar-refractivity contribution in [1.82, 2.24) is 25.0 Å². The molecule has 4 rings (SSSR count). The molecule has 0 spiro atoms. The SMILES string of the molecule is CCn1cc(-c2cc(C(=O)N[C@H](C)CN3CCCC3)c3ccccc3n2)cn1. The number of nitrogens with one attached hydrogen (secondary N) is 1. The molecule has 6 nitrogen and oxygen atoms in total. The first-order chi connectivity index (χ1) is 13.6. The molecule has 28 heavy (non-hydrogen) atoms. The molecular weight excluding hydrogens is 350 g/mol. The minimum absolute atomic E-state index is 0.0468. The summed E-state index contributed by atoms with van der Waals surface area (Å²) in [6.45, 7) is 8.07. The highest BCUT2D eigenvalue weighted by Crippen LogP contribution is 2.25. The molecule has 1 fully saturated rings. The molecule has 1 saturated heterocycles. The standard InChI is InChI=1S/C22H27N5O/c1-3-27-15-17(13-23-27)21-12-19(18-8-4-5-9-20(18)25-21)22(28)24-16(2)14-26-10-6-7-11-26/h4-5,8-9,12-13,15-16H,3,6-7,10-11,14H2,1-2H3,(H,24,28)/t16-/m1/s1.